The third kappa shape index (κ3) is 2.28. The first-order valence-electron chi connectivity index (χ1n) is 4.58. The third-order valence-corrected chi connectivity index (χ3v) is 2.93. The highest BCUT2D eigenvalue weighted by atomic mass is 32.1. The molecule has 17 heavy (non-hydrogen) atoms. The van der Waals surface area contributed by atoms with Crippen molar-refractivity contribution >= 4 is 38.3 Å². The molecule has 0 bridgehead atoms. The molecule has 0 atom stereocenters. The molecule has 0 fully saturated rings. The number of rotatable bonds is 3. The number of fused-ring (bicyclic) bond motifs is 1. The van der Waals surface area contributed by atoms with Crippen molar-refractivity contribution in [2.24, 2.45) is 0 Å². The van der Waals surface area contributed by atoms with Crippen molar-refractivity contribution in [1.82, 2.24) is 4.98 Å². The topological polar surface area (TPSA) is 85.1 Å². The molecule has 0 aliphatic rings. The molecule has 0 radical (unpaired) electrons. The van der Waals surface area contributed by atoms with Crippen LogP contribution in [-0.2, 0) is 4.79 Å². The number of carbonyl (C=O) groups is 1. The van der Waals surface area contributed by atoms with Crippen molar-refractivity contribution in [3.8, 4) is 0 Å². The fraction of sp³-hybridized carbons (Fsp3) is 0. The lowest BCUT2D eigenvalue weighted by molar-refractivity contribution is -0.384. The zero-order chi connectivity index (χ0) is 12.4. The molecule has 86 valence electrons. The van der Waals surface area contributed by atoms with Crippen LogP contribution >= 0.6 is 11.3 Å². The summed E-state index contributed by atoms with van der Waals surface area (Å²) < 4.78 is 0.651. The van der Waals surface area contributed by atoms with Crippen LogP contribution in [-0.4, -0.2) is 15.8 Å². The number of hydrogen-bond donors (Lipinski definition) is 1. The van der Waals surface area contributed by atoms with Gasteiger partial charge in [-0.1, -0.05) is 17.9 Å². The van der Waals surface area contributed by atoms with Crippen LogP contribution in [0.15, 0.2) is 30.9 Å². The first-order chi connectivity index (χ1) is 8.10. The first-order valence-corrected chi connectivity index (χ1v) is 5.40. The number of nitrogens with zero attached hydrogens (tertiary/aromatic N) is 2. The number of nitro groups is 1. The quantitative estimate of drug-likeness (QED) is 0.514. The summed E-state index contributed by atoms with van der Waals surface area (Å²) in [7, 11) is 0. The van der Waals surface area contributed by atoms with E-state index in [0.29, 0.717) is 15.3 Å². The lowest BCUT2D eigenvalue weighted by Crippen LogP contribution is -2.06. The second-order valence-corrected chi connectivity index (χ2v) is 4.15. The summed E-state index contributed by atoms with van der Waals surface area (Å²) in [6.45, 7) is 3.32. The Morgan fingerprint density at radius 3 is 3.00 bits per heavy atom. The van der Waals surface area contributed by atoms with Crippen LogP contribution < -0.4 is 5.32 Å². The molecular weight excluding hydrogens is 242 g/mol. The highest BCUT2D eigenvalue weighted by Gasteiger charge is 2.10. The zero-order valence-corrected chi connectivity index (χ0v) is 9.36. The SMILES string of the molecule is C=CC(=O)Nc1nc2ccc([N+](=O)[O-])cc2s1. The summed E-state index contributed by atoms with van der Waals surface area (Å²) in [5, 5.41) is 13.5. The maximum atomic E-state index is 11.1. The van der Waals surface area contributed by atoms with Crippen LogP contribution in [0.5, 0.6) is 0 Å². The summed E-state index contributed by atoms with van der Waals surface area (Å²) >= 11 is 1.18. The van der Waals surface area contributed by atoms with Gasteiger partial charge in [0, 0.05) is 12.1 Å². The molecule has 2 rings (SSSR count). The monoisotopic (exact) mass is 249 g/mol. The highest BCUT2D eigenvalue weighted by Crippen LogP contribution is 2.28. The second-order valence-electron chi connectivity index (χ2n) is 3.12. The number of benzene rings is 1. The Hall–Kier alpha value is -2.28. The number of aromatic nitrogens is 1. The molecule has 0 saturated carbocycles. The van der Waals surface area contributed by atoms with Crippen molar-refractivity contribution in [3.05, 3.63) is 41.0 Å². The molecule has 1 aromatic heterocycles. The summed E-state index contributed by atoms with van der Waals surface area (Å²) in [6.07, 6.45) is 1.13. The zero-order valence-electron chi connectivity index (χ0n) is 8.54. The van der Waals surface area contributed by atoms with E-state index in [9.17, 15) is 14.9 Å². The Labute approximate surface area is 99.7 Å². The number of carbonyl (C=O) groups excluding carboxylic acids is 1. The minimum Gasteiger partial charge on any atom is -0.298 e. The molecule has 1 amide bonds. The number of amides is 1. The van der Waals surface area contributed by atoms with Crippen LogP contribution in [0.4, 0.5) is 10.8 Å². The minimum absolute atomic E-state index is 0.00254. The van der Waals surface area contributed by atoms with Gasteiger partial charge in [0.05, 0.1) is 15.1 Å². The Balaban J connectivity index is 2.40. The van der Waals surface area contributed by atoms with Crippen LogP contribution in [0.25, 0.3) is 10.2 Å². The van der Waals surface area contributed by atoms with Crippen LogP contribution in [0.2, 0.25) is 0 Å². The molecule has 6 nitrogen and oxygen atoms in total. The van der Waals surface area contributed by atoms with Crippen molar-refractivity contribution in [2.75, 3.05) is 5.32 Å². The van der Waals surface area contributed by atoms with Gasteiger partial charge >= 0.3 is 0 Å². The van der Waals surface area contributed by atoms with Crippen LogP contribution in [0, 0.1) is 10.1 Å². The van der Waals surface area contributed by atoms with Gasteiger partial charge in [-0.25, -0.2) is 4.98 Å². The van der Waals surface area contributed by atoms with E-state index in [1.165, 1.54) is 23.5 Å². The molecule has 7 heteroatoms. The smallest absolute Gasteiger partial charge is 0.270 e. The highest BCUT2D eigenvalue weighted by molar-refractivity contribution is 7.22. The summed E-state index contributed by atoms with van der Waals surface area (Å²) in [4.78, 5) is 25.3. The summed E-state index contributed by atoms with van der Waals surface area (Å²) in [5.74, 6) is -0.362. The average Bonchev–Trinajstić information content (AvgIpc) is 2.69. The van der Waals surface area contributed by atoms with Crippen molar-refractivity contribution < 1.29 is 9.72 Å². The number of anilines is 1. The lowest BCUT2D eigenvalue weighted by atomic mass is 10.3. The molecule has 0 saturated heterocycles. The van der Waals surface area contributed by atoms with Gasteiger partial charge in [-0.3, -0.25) is 20.2 Å². The third-order valence-electron chi connectivity index (χ3n) is 2.00. The molecule has 0 aliphatic heterocycles. The minimum atomic E-state index is -0.471. The first kappa shape index (κ1) is 11.2. The van der Waals surface area contributed by atoms with E-state index in [1.807, 2.05) is 0 Å². The number of nitrogens with one attached hydrogen (secondary N) is 1. The predicted molar refractivity (Wildman–Crippen MR) is 65.1 cm³/mol. The van der Waals surface area contributed by atoms with Gasteiger partial charge < -0.3 is 0 Å². The molecule has 2 aromatic rings. The Kier molecular flexibility index (Phi) is 2.84. The molecule has 0 spiro atoms. The van der Waals surface area contributed by atoms with Gasteiger partial charge in [0.1, 0.15) is 0 Å². The fourth-order valence-electron chi connectivity index (χ4n) is 1.24. The van der Waals surface area contributed by atoms with E-state index in [4.69, 9.17) is 0 Å². The van der Waals surface area contributed by atoms with E-state index in [-0.39, 0.29) is 11.6 Å². The van der Waals surface area contributed by atoms with Crippen molar-refractivity contribution in [3.63, 3.8) is 0 Å². The molecule has 1 heterocycles. The normalized spacial score (nSPS) is 10.1. The maximum absolute atomic E-state index is 11.1. The predicted octanol–water partition coefficient (Wildman–Crippen LogP) is 2.33. The summed E-state index contributed by atoms with van der Waals surface area (Å²) in [5.41, 5.74) is 0.614. The number of non-ortho nitro benzene ring substituents is 1. The maximum Gasteiger partial charge on any atom is 0.270 e. The average molecular weight is 249 g/mol. The molecule has 1 N–H and O–H groups in total. The van der Waals surface area contributed by atoms with Crippen LogP contribution in [0.1, 0.15) is 0 Å². The van der Waals surface area contributed by atoms with E-state index in [0.717, 1.165) is 6.08 Å². The van der Waals surface area contributed by atoms with Gasteiger partial charge in [-0.15, -0.1) is 0 Å². The largest absolute Gasteiger partial charge is 0.298 e. The Morgan fingerprint density at radius 1 is 1.59 bits per heavy atom. The van der Waals surface area contributed by atoms with Crippen LogP contribution in [0.3, 0.4) is 0 Å². The number of hydrogen-bond acceptors (Lipinski definition) is 5. The van der Waals surface area contributed by atoms with Gasteiger partial charge in [0.2, 0.25) is 5.91 Å². The van der Waals surface area contributed by atoms with Crippen molar-refractivity contribution in [2.45, 2.75) is 0 Å². The standard InChI is InChI=1S/C10H7N3O3S/c1-2-9(14)12-10-11-7-4-3-6(13(15)16)5-8(7)17-10/h2-5H,1H2,(H,11,12,14). The van der Waals surface area contributed by atoms with Gasteiger partial charge in [-0.2, -0.15) is 0 Å². The fourth-order valence-corrected chi connectivity index (χ4v) is 2.14. The summed E-state index contributed by atoms with van der Waals surface area (Å²) in [6, 6.07) is 4.35. The van der Waals surface area contributed by atoms with E-state index >= 15 is 0 Å². The van der Waals surface area contributed by atoms with Gasteiger partial charge in [-0.05, 0) is 12.1 Å². The molecule has 0 unspecified atom stereocenters. The number of thiazole rings is 1. The Bertz CT molecular complexity index is 620. The van der Waals surface area contributed by atoms with E-state index in [1.54, 1.807) is 6.07 Å². The second kappa shape index (κ2) is 4.30. The Morgan fingerprint density at radius 2 is 2.35 bits per heavy atom. The molecule has 0 aliphatic carbocycles. The van der Waals surface area contributed by atoms with Gasteiger partial charge in [0.25, 0.3) is 5.69 Å². The lowest BCUT2D eigenvalue weighted by Gasteiger charge is -1.92. The molecular formula is C10H7N3O3S. The van der Waals surface area contributed by atoms with Gasteiger partial charge in [0.15, 0.2) is 5.13 Å². The van der Waals surface area contributed by atoms with E-state index in [2.05, 4.69) is 16.9 Å². The number of nitro benzene ring substituents is 1. The molecule has 1 aromatic carbocycles. The van der Waals surface area contributed by atoms with E-state index < -0.39 is 4.92 Å². The van der Waals surface area contributed by atoms with Crippen molar-refractivity contribution in [1.29, 1.82) is 0 Å².